The van der Waals surface area contributed by atoms with Crippen LogP contribution >= 0.6 is 11.6 Å². The molecule has 9 heteroatoms. The fourth-order valence-corrected chi connectivity index (χ4v) is 2.65. The number of nitrogens with zero attached hydrogens (tertiary/aromatic N) is 1. The average Bonchev–Trinajstić information content (AvgIpc) is 2.64. The maximum absolute atomic E-state index is 13.1. The molecule has 0 radical (unpaired) electrons. The topological polar surface area (TPSA) is 58.6 Å². The molecule has 0 unspecified atom stereocenters. The molecule has 0 saturated heterocycles. The Morgan fingerprint density at radius 3 is 2.50 bits per heavy atom. The van der Waals surface area contributed by atoms with E-state index in [4.69, 9.17) is 16.3 Å². The average molecular weight is 415 g/mol. The Morgan fingerprint density at radius 1 is 1.14 bits per heavy atom. The maximum atomic E-state index is 13.1. The van der Waals surface area contributed by atoms with Crippen molar-refractivity contribution in [1.29, 1.82) is 0 Å². The zero-order valence-electron chi connectivity index (χ0n) is 14.9. The van der Waals surface area contributed by atoms with Crippen molar-refractivity contribution in [2.24, 2.45) is 0 Å². The van der Waals surface area contributed by atoms with Gasteiger partial charge in [-0.1, -0.05) is 29.8 Å². The van der Waals surface area contributed by atoms with Gasteiger partial charge in [0, 0.05) is 24.2 Å². The van der Waals surface area contributed by atoms with Crippen LogP contribution in [0.3, 0.4) is 0 Å². The van der Waals surface area contributed by atoms with E-state index in [-0.39, 0.29) is 24.4 Å². The van der Waals surface area contributed by atoms with E-state index in [2.05, 4.69) is 5.32 Å². The zero-order chi connectivity index (χ0) is 20.7. The number of carbonyl (C=O) groups is 2. The molecule has 2 rings (SSSR count). The summed E-state index contributed by atoms with van der Waals surface area (Å²) >= 11 is 5.89. The Bertz CT molecular complexity index is 843. The lowest BCUT2D eigenvalue weighted by Crippen LogP contribution is -2.40. The lowest BCUT2D eigenvalue weighted by Gasteiger charge is -2.22. The highest BCUT2D eigenvalue weighted by molar-refractivity contribution is 6.31. The molecule has 1 N–H and O–H groups in total. The molecular weight excluding hydrogens is 397 g/mol. The van der Waals surface area contributed by atoms with E-state index in [0.29, 0.717) is 5.02 Å². The van der Waals surface area contributed by atoms with E-state index in [1.165, 1.54) is 36.3 Å². The van der Waals surface area contributed by atoms with E-state index in [9.17, 15) is 22.8 Å². The molecule has 0 aliphatic heterocycles. The number of hydrogen-bond donors (Lipinski definition) is 1. The molecule has 5 nitrogen and oxygen atoms in total. The number of rotatable bonds is 7. The standard InChI is InChI=1S/C19H18ClF3N2O3/c1-28-10-9-25(18(27)13-5-4-6-14(20)11-13)12-17(26)24-16-8-3-2-7-15(16)19(21,22)23/h2-8,11H,9-10,12H2,1H3,(H,24,26). The molecule has 2 aromatic carbocycles. The number of halogens is 4. The number of hydrogen-bond acceptors (Lipinski definition) is 3. The van der Waals surface area contributed by atoms with Crippen LogP contribution < -0.4 is 5.32 Å². The van der Waals surface area contributed by atoms with Gasteiger partial charge in [0.05, 0.1) is 17.9 Å². The number of amides is 2. The smallest absolute Gasteiger partial charge is 0.383 e. The van der Waals surface area contributed by atoms with Crippen molar-refractivity contribution >= 4 is 29.1 Å². The molecule has 28 heavy (non-hydrogen) atoms. The normalized spacial score (nSPS) is 11.2. The van der Waals surface area contributed by atoms with Crippen LogP contribution in [-0.4, -0.2) is 43.5 Å². The van der Waals surface area contributed by atoms with Crippen molar-refractivity contribution in [3.8, 4) is 0 Å². The highest BCUT2D eigenvalue weighted by atomic mass is 35.5. The third-order valence-corrected chi connectivity index (χ3v) is 4.00. The van der Waals surface area contributed by atoms with Crippen LogP contribution in [0.1, 0.15) is 15.9 Å². The largest absolute Gasteiger partial charge is 0.418 e. The first kappa shape index (κ1) is 21.7. The Morgan fingerprint density at radius 2 is 1.86 bits per heavy atom. The number of para-hydroxylation sites is 1. The number of alkyl halides is 3. The van der Waals surface area contributed by atoms with Crippen LogP contribution in [0.2, 0.25) is 5.02 Å². The van der Waals surface area contributed by atoms with Crippen LogP contribution in [0, 0.1) is 0 Å². The Kier molecular flexibility index (Phi) is 7.42. The Labute approximate surface area is 165 Å². The first-order valence-electron chi connectivity index (χ1n) is 8.22. The summed E-state index contributed by atoms with van der Waals surface area (Å²) in [5.41, 5.74) is -1.08. The summed E-state index contributed by atoms with van der Waals surface area (Å²) in [6.07, 6.45) is -4.61. The van der Waals surface area contributed by atoms with Gasteiger partial charge in [-0.3, -0.25) is 9.59 Å². The number of ether oxygens (including phenoxy) is 1. The molecule has 0 fully saturated rings. The van der Waals surface area contributed by atoms with Gasteiger partial charge in [0.2, 0.25) is 5.91 Å². The van der Waals surface area contributed by atoms with Crippen LogP contribution in [0.5, 0.6) is 0 Å². The van der Waals surface area contributed by atoms with Crippen molar-refractivity contribution in [3.05, 3.63) is 64.7 Å². The summed E-state index contributed by atoms with van der Waals surface area (Å²) in [4.78, 5) is 26.2. The summed E-state index contributed by atoms with van der Waals surface area (Å²) in [6.45, 7) is -0.212. The lowest BCUT2D eigenvalue weighted by molar-refractivity contribution is -0.137. The van der Waals surface area contributed by atoms with E-state index in [1.54, 1.807) is 12.1 Å². The molecule has 0 saturated carbocycles. The minimum atomic E-state index is -4.61. The molecule has 2 aromatic rings. The van der Waals surface area contributed by atoms with Gasteiger partial charge in [0.1, 0.15) is 6.54 Å². The van der Waals surface area contributed by atoms with E-state index < -0.39 is 30.1 Å². The van der Waals surface area contributed by atoms with Gasteiger partial charge >= 0.3 is 6.18 Å². The van der Waals surface area contributed by atoms with E-state index in [1.807, 2.05) is 0 Å². The van der Waals surface area contributed by atoms with Gasteiger partial charge in [-0.05, 0) is 30.3 Å². The predicted octanol–water partition coefficient (Wildman–Crippen LogP) is 4.09. The van der Waals surface area contributed by atoms with E-state index >= 15 is 0 Å². The highest BCUT2D eigenvalue weighted by Crippen LogP contribution is 2.34. The molecule has 0 aliphatic rings. The molecule has 0 bridgehead atoms. The second-order valence-corrected chi connectivity index (χ2v) is 6.26. The molecule has 0 aromatic heterocycles. The second-order valence-electron chi connectivity index (χ2n) is 5.82. The third kappa shape index (κ3) is 5.97. The highest BCUT2D eigenvalue weighted by Gasteiger charge is 2.33. The fraction of sp³-hybridized carbons (Fsp3) is 0.263. The SMILES string of the molecule is COCCN(CC(=O)Nc1ccccc1C(F)(F)F)C(=O)c1cccc(Cl)c1. The second kappa shape index (κ2) is 9.57. The Hall–Kier alpha value is -2.58. The quantitative estimate of drug-likeness (QED) is 0.742. The van der Waals surface area contributed by atoms with Crippen molar-refractivity contribution in [2.75, 3.05) is 32.1 Å². The third-order valence-electron chi connectivity index (χ3n) is 3.77. The number of anilines is 1. The van der Waals surface area contributed by atoms with Gasteiger partial charge in [0.25, 0.3) is 5.91 Å². The number of nitrogens with one attached hydrogen (secondary N) is 1. The fourth-order valence-electron chi connectivity index (χ4n) is 2.46. The molecule has 2 amide bonds. The van der Waals surface area contributed by atoms with Crippen LogP contribution in [0.25, 0.3) is 0 Å². The van der Waals surface area contributed by atoms with Crippen LogP contribution in [0.15, 0.2) is 48.5 Å². The monoisotopic (exact) mass is 414 g/mol. The van der Waals surface area contributed by atoms with Gasteiger partial charge in [-0.15, -0.1) is 0 Å². The molecule has 0 aliphatic carbocycles. The summed E-state index contributed by atoms with van der Waals surface area (Å²) in [6, 6.07) is 10.8. The van der Waals surface area contributed by atoms with Crippen LogP contribution in [-0.2, 0) is 15.7 Å². The van der Waals surface area contributed by atoms with Gasteiger partial charge in [-0.25, -0.2) is 0 Å². The minimum Gasteiger partial charge on any atom is -0.383 e. The Balaban J connectivity index is 2.17. The first-order valence-corrected chi connectivity index (χ1v) is 8.60. The van der Waals surface area contributed by atoms with Gasteiger partial charge in [-0.2, -0.15) is 13.2 Å². The molecule has 0 spiro atoms. The first-order chi connectivity index (χ1) is 13.2. The maximum Gasteiger partial charge on any atom is 0.418 e. The van der Waals surface area contributed by atoms with Crippen molar-refractivity contribution < 1.29 is 27.5 Å². The summed E-state index contributed by atoms with van der Waals surface area (Å²) in [5.74, 6) is -1.25. The van der Waals surface area contributed by atoms with Crippen LogP contribution in [0.4, 0.5) is 18.9 Å². The van der Waals surface area contributed by atoms with Gasteiger partial charge in [0.15, 0.2) is 0 Å². The van der Waals surface area contributed by atoms with Crippen molar-refractivity contribution in [1.82, 2.24) is 4.90 Å². The number of methoxy groups -OCH3 is 1. The molecule has 0 atom stereocenters. The molecule has 0 heterocycles. The summed E-state index contributed by atoms with van der Waals surface area (Å²) in [7, 11) is 1.43. The van der Waals surface area contributed by atoms with Crippen molar-refractivity contribution in [3.63, 3.8) is 0 Å². The summed E-state index contributed by atoms with van der Waals surface area (Å²) < 4.78 is 44.2. The minimum absolute atomic E-state index is 0.0795. The predicted molar refractivity (Wildman–Crippen MR) is 99.3 cm³/mol. The number of carbonyl (C=O) groups excluding carboxylic acids is 2. The zero-order valence-corrected chi connectivity index (χ0v) is 15.7. The lowest BCUT2D eigenvalue weighted by atomic mass is 10.1. The van der Waals surface area contributed by atoms with Crippen molar-refractivity contribution in [2.45, 2.75) is 6.18 Å². The molecular formula is C19H18ClF3N2O3. The molecule has 150 valence electrons. The van der Waals surface area contributed by atoms with E-state index in [0.717, 1.165) is 12.1 Å². The van der Waals surface area contributed by atoms with Gasteiger partial charge < -0.3 is 15.0 Å². The summed E-state index contributed by atoms with van der Waals surface area (Å²) in [5, 5.41) is 2.57. The number of benzene rings is 2.